The molecule has 1 atom stereocenters. The van der Waals surface area contributed by atoms with E-state index in [9.17, 15) is 4.79 Å². The van der Waals surface area contributed by atoms with Crippen molar-refractivity contribution in [3.8, 4) is 0 Å². The van der Waals surface area contributed by atoms with E-state index in [2.05, 4.69) is 11.8 Å². The van der Waals surface area contributed by atoms with Gasteiger partial charge in [-0.25, -0.2) is 0 Å². The Morgan fingerprint density at radius 2 is 2.31 bits per heavy atom. The van der Waals surface area contributed by atoms with Crippen LogP contribution in [0.25, 0.3) is 0 Å². The number of hydrogen-bond donors (Lipinski definition) is 0. The van der Waals surface area contributed by atoms with E-state index in [1.54, 1.807) is 0 Å². The van der Waals surface area contributed by atoms with Gasteiger partial charge in [-0.1, -0.05) is 6.92 Å². The number of esters is 1. The smallest absolute Gasteiger partial charge is 0.320 e. The maximum atomic E-state index is 11.5. The summed E-state index contributed by atoms with van der Waals surface area (Å²) in [6.45, 7) is 7.37. The molecule has 0 aliphatic carbocycles. The van der Waals surface area contributed by atoms with Crippen molar-refractivity contribution in [2.24, 2.45) is 0 Å². The van der Waals surface area contributed by atoms with E-state index in [1.165, 1.54) is 0 Å². The highest BCUT2D eigenvalue weighted by atomic mass is 16.5. The molecule has 1 fully saturated rings. The fourth-order valence-corrected chi connectivity index (χ4v) is 2.06. The quantitative estimate of drug-likeness (QED) is 0.646. The Morgan fingerprint density at radius 1 is 1.50 bits per heavy atom. The molecule has 1 aliphatic heterocycles. The van der Waals surface area contributed by atoms with E-state index in [-0.39, 0.29) is 5.97 Å². The van der Waals surface area contributed by atoms with Gasteiger partial charge in [-0.2, -0.15) is 0 Å². The van der Waals surface area contributed by atoms with E-state index in [4.69, 9.17) is 9.47 Å². The summed E-state index contributed by atoms with van der Waals surface area (Å²) in [7, 11) is 0. The predicted molar refractivity (Wildman–Crippen MR) is 62.3 cm³/mol. The Labute approximate surface area is 97.9 Å². The molecule has 0 bridgehead atoms. The lowest BCUT2D eigenvalue weighted by molar-refractivity contribution is -0.145. The average molecular weight is 229 g/mol. The van der Waals surface area contributed by atoms with Crippen molar-refractivity contribution in [3.05, 3.63) is 0 Å². The number of nitrogens with zero attached hydrogens (tertiary/aromatic N) is 1. The summed E-state index contributed by atoms with van der Waals surface area (Å²) in [5.74, 6) is -0.124. The third-order valence-electron chi connectivity index (χ3n) is 2.80. The second-order valence-electron chi connectivity index (χ2n) is 4.15. The van der Waals surface area contributed by atoms with Gasteiger partial charge in [0.1, 0.15) is 0 Å². The molecule has 1 aliphatic rings. The molecule has 1 heterocycles. The van der Waals surface area contributed by atoms with Crippen LogP contribution in [0.2, 0.25) is 0 Å². The number of carbonyl (C=O) groups excluding carboxylic acids is 1. The molecule has 0 aromatic heterocycles. The summed E-state index contributed by atoms with van der Waals surface area (Å²) in [6.07, 6.45) is 3.27. The zero-order valence-corrected chi connectivity index (χ0v) is 10.4. The van der Waals surface area contributed by atoms with Crippen molar-refractivity contribution in [2.75, 3.05) is 32.9 Å². The Balaban J connectivity index is 2.41. The average Bonchev–Trinajstić information content (AvgIpc) is 2.30. The summed E-state index contributed by atoms with van der Waals surface area (Å²) in [5, 5.41) is 0. The van der Waals surface area contributed by atoms with Gasteiger partial charge in [0.15, 0.2) is 0 Å². The number of hydrogen-bond acceptors (Lipinski definition) is 4. The van der Waals surface area contributed by atoms with Crippen LogP contribution in [0.5, 0.6) is 0 Å². The predicted octanol–water partition coefficient (Wildman–Crippen LogP) is 1.44. The van der Waals surface area contributed by atoms with Crippen LogP contribution in [0.3, 0.4) is 0 Å². The maximum absolute atomic E-state index is 11.5. The van der Waals surface area contributed by atoms with E-state index in [1.807, 2.05) is 6.92 Å². The van der Waals surface area contributed by atoms with Crippen LogP contribution in [-0.2, 0) is 14.3 Å². The second kappa shape index (κ2) is 7.63. The molecule has 4 nitrogen and oxygen atoms in total. The van der Waals surface area contributed by atoms with Crippen molar-refractivity contribution in [1.82, 2.24) is 4.90 Å². The molecule has 94 valence electrons. The lowest BCUT2D eigenvalue weighted by Gasteiger charge is -2.33. The van der Waals surface area contributed by atoms with Crippen molar-refractivity contribution >= 4 is 5.97 Å². The molecule has 0 radical (unpaired) electrons. The molecule has 0 aromatic carbocycles. The molecule has 0 aromatic rings. The monoisotopic (exact) mass is 229 g/mol. The van der Waals surface area contributed by atoms with Gasteiger partial charge in [0.05, 0.1) is 19.8 Å². The minimum atomic E-state index is -0.124. The molecule has 1 unspecified atom stereocenters. The number of ether oxygens (including phenoxy) is 2. The van der Waals surface area contributed by atoms with Crippen molar-refractivity contribution in [3.63, 3.8) is 0 Å². The minimum Gasteiger partial charge on any atom is -0.465 e. The first-order valence-electron chi connectivity index (χ1n) is 6.25. The van der Waals surface area contributed by atoms with Crippen molar-refractivity contribution in [1.29, 1.82) is 0 Å². The summed E-state index contributed by atoms with van der Waals surface area (Å²) in [6, 6.07) is 0.387. The standard InChI is InChI=1S/C12H23NO3/c1-3-7-13(9-12(14)16-4-2)11-6-5-8-15-10-11/h11H,3-10H2,1-2H3. The largest absolute Gasteiger partial charge is 0.465 e. The lowest BCUT2D eigenvalue weighted by Crippen LogP contribution is -2.44. The number of carbonyl (C=O) groups is 1. The lowest BCUT2D eigenvalue weighted by atomic mass is 10.1. The molecular formula is C12H23NO3. The highest BCUT2D eigenvalue weighted by Crippen LogP contribution is 2.13. The van der Waals surface area contributed by atoms with Gasteiger partial charge >= 0.3 is 5.97 Å². The van der Waals surface area contributed by atoms with E-state index in [0.717, 1.165) is 39.0 Å². The van der Waals surface area contributed by atoms with Crippen molar-refractivity contribution < 1.29 is 14.3 Å². The Kier molecular flexibility index (Phi) is 6.42. The fraction of sp³-hybridized carbons (Fsp3) is 0.917. The van der Waals surface area contributed by atoms with Gasteiger partial charge in [0.25, 0.3) is 0 Å². The molecule has 0 N–H and O–H groups in total. The summed E-state index contributed by atoms with van der Waals surface area (Å²) in [4.78, 5) is 13.7. The topological polar surface area (TPSA) is 38.8 Å². The summed E-state index contributed by atoms with van der Waals surface area (Å²) >= 11 is 0. The van der Waals surface area contributed by atoms with Crippen LogP contribution < -0.4 is 0 Å². The highest BCUT2D eigenvalue weighted by molar-refractivity contribution is 5.71. The maximum Gasteiger partial charge on any atom is 0.320 e. The minimum absolute atomic E-state index is 0.124. The van der Waals surface area contributed by atoms with Gasteiger partial charge in [-0.3, -0.25) is 9.69 Å². The Hall–Kier alpha value is -0.610. The van der Waals surface area contributed by atoms with Gasteiger partial charge in [-0.05, 0) is 32.7 Å². The molecule has 1 rings (SSSR count). The van der Waals surface area contributed by atoms with E-state index < -0.39 is 0 Å². The Morgan fingerprint density at radius 3 is 2.88 bits per heavy atom. The van der Waals surface area contributed by atoms with Crippen LogP contribution in [0.1, 0.15) is 33.1 Å². The van der Waals surface area contributed by atoms with Crippen LogP contribution in [-0.4, -0.2) is 49.8 Å². The SMILES string of the molecule is CCCN(CC(=O)OCC)C1CCCOC1. The third-order valence-corrected chi connectivity index (χ3v) is 2.80. The first kappa shape index (κ1) is 13.5. The van der Waals surface area contributed by atoms with Gasteiger partial charge in [0.2, 0.25) is 0 Å². The summed E-state index contributed by atoms with van der Waals surface area (Å²) < 4.78 is 10.4. The molecule has 4 heteroatoms. The molecule has 0 spiro atoms. The second-order valence-corrected chi connectivity index (χ2v) is 4.15. The van der Waals surface area contributed by atoms with E-state index in [0.29, 0.717) is 19.2 Å². The van der Waals surface area contributed by atoms with Crippen LogP contribution in [0, 0.1) is 0 Å². The number of rotatable bonds is 6. The van der Waals surface area contributed by atoms with Gasteiger partial charge in [0, 0.05) is 12.6 Å². The van der Waals surface area contributed by atoms with Gasteiger partial charge < -0.3 is 9.47 Å². The van der Waals surface area contributed by atoms with Gasteiger partial charge in [-0.15, -0.1) is 0 Å². The van der Waals surface area contributed by atoms with Crippen LogP contribution >= 0.6 is 0 Å². The first-order valence-corrected chi connectivity index (χ1v) is 6.25. The first-order chi connectivity index (χ1) is 7.77. The highest BCUT2D eigenvalue weighted by Gasteiger charge is 2.23. The van der Waals surface area contributed by atoms with E-state index >= 15 is 0 Å². The molecule has 0 saturated carbocycles. The third kappa shape index (κ3) is 4.49. The zero-order valence-electron chi connectivity index (χ0n) is 10.4. The van der Waals surface area contributed by atoms with Crippen molar-refractivity contribution in [2.45, 2.75) is 39.2 Å². The zero-order chi connectivity index (χ0) is 11.8. The molecule has 16 heavy (non-hydrogen) atoms. The molecule has 1 saturated heterocycles. The summed E-state index contributed by atoms with van der Waals surface area (Å²) in [5.41, 5.74) is 0. The molecule has 0 amide bonds. The normalized spacial score (nSPS) is 21.1. The molecular weight excluding hydrogens is 206 g/mol. The van der Waals surface area contributed by atoms with Crippen LogP contribution in [0.4, 0.5) is 0 Å². The fourth-order valence-electron chi connectivity index (χ4n) is 2.06. The van der Waals surface area contributed by atoms with Crippen LogP contribution in [0.15, 0.2) is 0 Å². The Bertz CT molecular complexity index is 202.